The molecule has 0 aliphatic rings. The molecule has 0 spiro atoms. The van der Waals surface area contributed by atoms with Crippen LogP contribution < -0.4 is 5.73 Å². The average molecular weight is 324 g/mol. The molecule has 0 atom stereocenters. The van der Waals surface area contributed by atoms with E-state index in [4.69, 9.17) is 10.8 Å². The summed E-state index contributed by atoms with van der Waals surface area (Å²) in [7, 11) is 0. The Morgan fingerprint density at radius 1 is 1.73 bits per heavy atom. The fraction of sp³-hybridized carbons (Fsp3) is 0.167. The number of hydrogen-bond donors (Lipinski definition) is 2. The molecule has 0 fully saturated rings. The van der Waals surface area contributed by atoms with Crippen molar-refractivity contribution in [3.63, 3.8) is 0 Å². The van der Waals surface area contributed by atoms with Gasteiger partial charge in [0.25, 0.3) is 0 Å². The molecule has 0 aromatic carbocycles. The van der Waals surface area contributed by atoms with E-state index in [0.29, 0.717) is 0 Å². The van der Waals surface area contributed by atoms with Crippen LogP contribution in [-0.4, -0.2) is 20.8 Å². The second kappa shape index (κ2) is 4.96. The van der Waals surface area contributed by atoms with E-state index in [9.17, 15) is 4.79 Å². The third-order valence-electron chi connectivity index (χ3n) is 0.790. The Balaban J connectivity index is 4.36. The molecule has 0 aliphatic heterocycles. The molecule has 0 aliphatic carbocycles. The summed E-state index contributed by atoms with van der Waals surface area (Å²) in [6.45, 7) is 1.78. The van der Waals surface area contributed by atoms with Gasteiger partial charge in [-0.15, -0.1) is 0 Å². The predicted octanol–water partition coefficient (Wildman–Crippen LogP) is -0.319. The van der Waals surface area contributed by atoms with Gasteiger partial charge in [-0.2, -0.15) is 0 Å². The molecule has 0 aromatic heterocycles. The number of nitrogens with two attached hydrogens (primary N) is 1. The zero-order chi connectivity index (χ0) is 8.85. The molecule has 3 N–H and O–H groups in total. The number of amidine groups is 1. The second-order valence-corrected chi connectivity index (χ2v) is 3.10. The van der Waals surface area contributed by atoms with Crippen molar-refractivity contribution in [3.05, 3.63) is 12.3 Å². The third kappa shape index (κ3) is 3.83. The molecule has 0 radical (unpaired) electrons. The first-order valence-electron chi connectivity index (χ1n) is 2.81. The zero-order valence-electron chi connectivity index (χ0n) is 5.94. The van der Waals surface area contributed by atoms with Gasteiger partial charge in [0.05, 0.1) is 0 Å². The first kappa shape index (κ1) is 10.2. The van der Waals surface area contributed by atoms with Crippen LogP contribution in [0.25, 0.3) is 0 Å². The van der Waals surface area contributed by atoms with E-state index in [2.05, 4.69) is 4.99 Å². The Hall–Kier alpha value is -0.762. The van der Waals surface area contributed by atoms with E-state index >= 15 is 0 Å². The average Bonchev–Trinajstić information content (AvgIpc) is 1.98. The van der Waals surface area contributed by atoms with Crippen molar-refractivity contribution < 1.29 is 29.3 Å². The number of carbonyl (C=O) groups is 1. The summed E-state index contributed by atoms with van der Waals surface area (Å²) in [6.07, 6.45) is 3.14. The number of hydrogen-bond acceptors (Lipinski definition) is 2. The molecule has 0 saturated carbocycles. The molecule has 4 nitrogen and oxygen atoms in total. The first-order valence-corrected chi connectivity index (χ1v) is 4.28. The van der Waals surface area contributed by atoms with Gasteiger partial charge >= 0.3 is 74.9 Å². The molecule has 0 amide bonds. The van der Waals surface area contributed by atoms with Gasteiger partial charge in [-0.05, 0) is 0 Å². The minimum absolute atomic E-state index is 0.0746. The Kier molecular flexibility index (Phi) is 4.62. The van der Waals surface area contributed by atoms with E-state index in [-0.39, 0.29) is 9.73 Å². The van der Waals surface area contributed by atoms with Gasteiger partial charge in [0, 0.05) is 0 Å². The summed E-state index contributed by atoms with van der Waals surface area (Å²) in [6, 6.07) is 0. The summed E-state index contributed by atoms with van der Waals surface area (Å²) in [5, 5.41) is 8.45. The molecular formula is C6H8N2O2W. The summed E-state index contributed by atoms with van der Waals surface area (Å²) in [5.41, 5.74) is 5.31. The van der Waals surface area contributed by atoms with Crippen LogP contribution in [0, 0.1) is 0 Å². The van der Waals surface area contributed by atoms with Gasteiger partial charge in [0.2, 0.25) is 0 Å². The van der Waals surface area contributed by atoms with Crippen LogP contribution in [0.1, 0.15) is 6.92 Å². The SMILES string of the molecule is CC=CN=C(N)[C](=[W])C(=O)O. The second-order valence-electron chi connectivity index (χ2n) is 1.63. The quantitative estimate of drug-likeness (QED) is 0.552. The molecule has 0 saturated heterocycles. The van der Waals surface area contributed by atoms with Crippen LogP contribution in [0.4, 0.5) is 0 Å². The van der Waals surface area contributed by atoms with Gasteiger partial charge in [0.15, 0.2) is 0 Å². The van der Waals surface area contributed by atoms with Crippen LogP contribution >= 0.6 is 0 Å². The van der Waals surface area contributed by atoms with E-state index in [1.165, 1.54) is 6.20 Å². The van der Waals surface area contributed by atoms with Crippen molar-refractivity contribution in [1.29, 1.82) is 0 Å². The van der Waals surface area contributed by atoms with E-state index in [1.54, 1.807) is 13.0 Å². The number of nitrogens with zero attached hydrogens (tertiary/aromatic N) is 1. The first-order chi connectivity index (χ1) is 5.09. The summed E-state index contributed by atoms with van der Waals surface area (Å²) < 4.78 is 0.142. The van der Waals surface area contributed by atoms with Crippen LogP contribution in [0.5, 0.6) is 0 Å². The molecule has 60 valence electrons. The fourth-order valence-corrected chi connectivity index (χ4v) is 0.512. The van der Waals surface area contributed by atoms with Gasteiger partial charge in [0.1, 0.15) is 0 Å². The van der Waals surface area contributed by atoms with Crippen LogP contribution in [0.2, 0.25) is 0 Å². The maximum atomic E-state index is 10.3. The topological polar surface area (TPSA) is 75.7 Å². The molecule has 5 heteroatoms. The van der Waals surface area contributed by atoms with Crippen molar-refractivity contribution in [2.75, 3.05) is 0 Å². The monoisotopic (exact) mass is 324 g/mol. The Morgan fingerprint density at radius 3 is 2.64 bits per heavy atom. The van der Waals surface area contributed by atoms with E-state index in [1.807, 2.05) is 0 Å². The Labute approximate surface area is 75.2 Å². The van der Waals surface area contributed by atoms with Crippen molar-refractivity contribution in [2.24, 2.45) is 10.7 Å². The number of aliphatic carboxylic acids is 1. The van der Waals surface area contributed by atoms with Crippen molar-refractivity contribution in [3.8, 4) is 0 Å². The summed E-state index contributed by atoms with van der Waals surface area (Å²) >= 11 is 0.804. The van der Waals surface area contributed by atoms with Gasteiger partial charge < -0.3 is 0 Å². The Morgan fingerprint density at radius 2 is 2.27 bits per heavy atom. The number of rotatable bonds is 3. The number of aliphatic imine (C=N–C) groups is 1. The van der Waals surface area contributed by atoms with Crippen LogP contribution in [-0.2, 0) is 24.1 Å². The van der Waals surface area contributed by atoms with Crippen molar-refractivity contribution in [1.82, 2.24) is 0 Å². The van der Waals surface area contributed by atoms with Crippen LogP contribution in [0.15, 0.2) is 17.3 Å². The maximum absolute atomic E-state index is 10.3. The van der Waals surface area contributed by atoms with Gasteiger partial charge in [-0.3, -0.25) is 0 Å². The van der Waals surface area contributed by atoms with E-state index in [0.717, 1.165) is 19.4 Å². The van der Waals surface area contributed by atoms with Crippen molar-refractivity contribution >= 4 is 15.7 Å². The molecule has 0 heterocycles. The summed E-state index contributed by atoms with van der Waals surface area (Å²) in [4.78, 5) is 14.0. The number of allylic oxidation sites excluding steroid dienone is 1. The Bertz CT molecular complexity index is 233. The zero-order valence-corrected chi connectivity index (χ0v) is 8.88. The molecular weight excluding hydrogens is 316 g/mol. The third-order valence-corrected chi connectivity index (χ3v) is 2.17. The molecule has 0 aromatic rings. The van der Waals surface area contributed by atoms with Crippen LogP contribution in [0.3, 0.4) is 0 Å². The molecule has 0 unspecified atom stereocenters. The predicted molar refractivity (Wildman–Crippen MR) is 39.1 cm³/mol. The van der Waals surface area contributed by atoms with Gasteiger partial charge in [-0.25, -0.2) is 0 Å². The molecule has 11 heavy (non-hydrogen) atoms. The standard InChI is InChI=1S/C6H8N2O2.W/c1-2-3-8-5(7)4-6(9)10;/h2-3H,1H3,(H2,7,8)(H,9,10);. The summed E-state index contributed by atoms with van der Waals surface area (Å²) in [5.74, 6) is -0.934. The normalized spacial score (nSPS) is 11.9. The van der Waals surface area contributed by atoms with E-state index < -0.39 is 5.97 Å². The van der Waals surface area contributed by atoms with Gasteiger partial charge in [-0.1, -0.05) is 0 Å². The fourth-order valence-electron chi connectivity index (χ4n) is 0.323. The molecule has 0 rings (SSSR count). The number of carboxylic acid groups (broad SMARTS) is 1. The number of carboxylic acids is 1. The minimum atomic E-state index is -1.01. The van der Waals surface area contributed by atoms with Crippen molar-refractivity contribution in [2.45, 2.75) is 6.92 Å². The molecule has 0 bridgehead atoms.